The summed E-state index contributed by atoms with van der Waals surface area (Å²) in [4.78, 5) is 22.4. The fourth-order valence-corrected chi connectivity index (χ4v) is 5.30. The van der Waals surface area contributed by atoms with Gasteiger partial charge in [0.15, 0.2) is 5.82 Å². The van der Waals surface area contributed by atoms with Crippen LogP contribution in [-0.4, -0.2) is 54.8 Å². The van der Waals surface area contributed by atoms with Gasteiger partial charge < -0.3 is 20.5 Å². The number of halogens is 1. The van der Waals surface area contributed by atoms with Crippen molar-refractivity contribution in [2.45, 2.75) is 32.0 Å². The number of fused-ring (bicyclic) bond motifs is 2. The second-order valence-electron chi connectivity index (χ2n) is 9.80. The maximum atomic E-state index is 10.9. The van der Waals surface area contributed by atoms with Gasteiger partial charge in [-0.1, -0.05) is 35.9 Å². The lowest BCUT2D eigenvalue weighted by Crippen LogP contribution is -2.43. The van der Waals surface area contributed by atoms with Gasteiger partial charge in [-0.2, -0.15) is 5.10 Å². The van der Waals surface area contributed by atoms with E-state index in [1.165, 1.54) is 6.33 Å². The minimum absolute atomic E-state index is 0.000583. The van der Waals surface area contributed by atoms with E-state index < -0.39 is 6.09 Å². The van der Waals surface area contributed by atoms with Crippen molar-refractivity contribution >= 4 is 45.6 Å². The molecule has 2 aromatic carbocycles. The summed E-state index contributed by atoms with van der Waals surface area (Å²) in [6.45, 7) is 2.64. The zero-order chi connectivity index (χ0) is 27.5. The molecule has 0 bridgehead atoms. The van der Waals surface area contributed by atoms with Crippen molar-refractivity contribution in [3.63, 3.8) is 0 Å². The van der Waals surface area contributed by atoms with Gasteiger partial charge in [0.05, 0.1) is 16.2 Å². The molecule has 0 radical (unpaired) electrons. The van der Waals surface area contributed by atoms with Crippen LogP contribution in [-0.2, 0) is 13.2 Å². The SMILES string of the molecule is O=C(O)NC1CCN(Cc2ccn3ncnc(Nc4ccc(OCc5ccc6ccccc6n5)c(Cl)c4)c23)CC1. The first-order valence-corrected chi connectivity index (χ1v) is 13.5. The highest BCUT2D eigenvalue weighted by molar-refractivity contribution is 6.32. The Bertz CT molecular complexity index is 1670. The number of carbonyl (C=O) groups is 1. The Morgan fingerprint density at radius 2 is 1.95 bits per heavy atom. The highest BCUT2D eigenvalue weighted by atomic mass is 35.5. The number of pyridine rings is 1. The number of likely N-dealkylation sites (tertiary alicyclic amines) is 1. The predicted molar refractivity (Wildman–Crippen MR) is 153 cm³/mol. The number of hydrogen-bond donors (Lipinski definition) is 3. The van der Waals surface area contributed by atoms with E-state index in [1.54, 1.807) is 4.52 Å². The molecular weight excluding hydrogens is 530 g/mol. The number of piperidine rings is 1. The normalized spacial score (nSPS) is 14.4. The highest BCUT2D eigenvalue weighted by Gasteiger charge is 2.22. The molecule has 204 valence electrons. The van der Waals surface area contributed by atoms with Crippen LogP contribution in [0.3, 0.4) is 0 Å². The average molecular weight is 558 g/mol. The van der Waals surface area contributed by atoms with E-state index in [9.17, 15) is 4.79 Å². The molecule has 1 aliphatic heterocycles. The number of benzene rings is 2. The molecule has 5 aromatic rings. The lowest BCUT2D eigenvalue weighted by atomic mass is 10.0. The third-order valence-electron chi connectivity index (χ3n) is 7.07. The van der Waals surface area contributed by atoms with Gasteiger partial charge in [-0.3, -0.25) is 4.90 Å². The molecule has 10 nitrogen and oxygen atoms in total. The van der Waals surface area contributed by atoms with Crippen LogP contribution in [0.1, 0.15) is 24.1 Å². The van der Waals surface area contributed by atoms with Crippen LogP contribution >= 0.6 is 11.6 Å². The quantitative estimate of drug-likeness (QED) is 0.229. The molecule has 6 rings (SSSR count). The lowest BCUT2D eigenvalue weighted by molar-refractivity contribution is 0.165. The fourth-order valence-electron chi connectivity index (χ4n) is 5.06. The molecule has 0 atom stereocenters. The van der Waals surface area contributed by atoms with Gasteiger partial charge in [0.2, 0.25) is 0 Å². The second-order valence-corrected chi connectivity index (χ2v) is 10.2. The van der Waals surface area contributed by atoms with Gasteiger partial charge >= 0.3 is 6.09 Å². The first kappa shape index (κ1) is 25.8. The molecule has 0 aliphatic carbocycles. The van der Waals surface area contributed by atoms with Crippen molar-refractivity contribution < 1.29 is 14.6 Å². The summed E-state index contributed by atoms with van der Waals surface area (Å²) in [5.41, 5.74) is 4.49. The smallest absolute Gasteiger partial charge is 0.404 e. The average Bonchev–Trinajstić information content (AvgIpc) is 3.37. The number of ether oxygens (including phenoxy) is 1. The first-order chi connectivity index (χ1) is 19.5. The molecule has 40 heavy (non-hydrogen) atoms. The Kier molecular flexibility index (Phi) is 7.35. The Balaban J connectivity index is 1.13. The van der Waals surface area contributed by atoms with Crippen molar-refractivity contribution in [1.82, 2.24) is 29.8 Å². The van der Waals surface area contributed by atoms with E-state index in [4.69, 9.17) is 21.4 Å². The van der Waals surface area contributed by atoms with Crippen molar-refractivity contribution in [3.05, 3.63) is 89.5 Å². The van der Waals surface area contributed by atoms with Gasteiger partial charge in [-0.05, 0) is 54.8 Å². The Morgan fingerprint density at radius 3 is 2.77 bits per heavy atom. The van der Waals surface area contributed by atoms with Crippen molar-refractivity contribution in [2.24, 2.45) is 0 Å². The Labute approximate surface area is 235 Å². The Hall–Kier alpha value is -4.41. The lowest BCUT2D eigenvalue weighted by Gasteiger charge is -2.31. The minimum Gasteiger partial charge on any atom is -0.486 e. The fraction of sp³-hybridized carbons (Fsp3) is 0.241. The number of carboxylic acid groups (broad SMARTS) is 1. The molecule has 1 aliphatic rings. The molecular formula is C29H28ClN7O3. The van der Waals surface area contributed by atoms with E-state index in [2.05, 4.69) is 30.6 Å². The standard InChI is InChI=1S/C29H28ClN7O3/c30-24-15-22(7-8-26(24)40-17-23-6-5-19-3-1-2-4-25(19)33-23)34-28-27-20(9-14-37(27)32-18-31-28)16-36-12-10-21(11-13-36)35-29(38)39/h1-9,14-15,18,21,35H,10-13,16-17H2,(H,38,39)(H,31,32,34). The molecule has 4 heterocycles. The number of nitrogens with zero attached hydrogens (tertiary/aromatic N) is 5. The first-order valence-electron chi connectivity index (χ1n) is 13.1. The van der Waals surface area contributed by atoms with E-state index in [1.807, 2.05) is 66.9 Å². The zero-order valence-electron chi connectivity index (χ0n) is 21.6. The van der Waals surface area contributed by atoms with Crippen LogP contribution < -0.4 is 15.4 Å². The van der Waals surface area contributed by atoms with Crippen molar-refractivity contribution in [2.75, 3.05) is 18.4 Å². The van der Waals surface area contributed by atoms with E-state index in [0.29, 0.717) is 29.7 Å². The Morgan fingerprint density at radius 1 is 1.10 bits per heavy atom. The van der Waals surface area contributed by atoms with E-state index in [0.717, 1.165) is 59.3 Å². The molecule has 11 heteroatoms. The molecule has 3 aromatic heterocycles. The maximum Gasteiger partial charge on any atom is 0.404 e. The summed E-state index contributed by atoms with van der Waals surface area (Å²) < 4.78 is 7.78. The number of rotatable bonds is 8. The molecule has 0 spiro atoms. The molecule has 1 fully saturated rings. The second kappa shape index (κ2) is 11.4. The summed E-state index contributed by atoms with van der Waals surface area (Å²) in [6, 6.07) is 19.5. The number of amides is 1. The summed E-state index contributed by atoms with van der Waals surface area (Å²) in [7, 11) is 0. The molecule has 1 amide bonds. The van der Waals surface area contributed by atoms with Crippen LogP contribution in [0, 0.1) is 0 Å². The summed E-state index contributed by atoms with van der Waals surface area (Å²) in [6.07, 6.45) is 4.03. The molecule has 0 unspecified atom stereocenters. The van der Waals surface area contributed by atoms with Gasteiger partial charge in [0.1, 0.15) is 24.2 Å². The van der Waals surface area contributed by atoms with Gasteiger partial charge in [0, 0.05) is 42.9 Å². The van der Waals surface area contributed by atoms with Gasteiger partial charge in [0.25, 0.3) is 0 Å². The molecule has 1 saturated heterocycles. The summed E-state index contributed by atoms with van der Waals surface area (Å²) in [5.74, 6) is 1.24. The van der Waals surface area contributed by atoms with Gasteiger partial charge in [-0.25, -0.2) is 19.3 Å². The van der Waals surface area contributed by atoms with Crippen molar-refractivity contribution in [1.29, 1.82) is 0 Å². The predicted octanol–water partition coefficient (Wildman–Crippen LogP) is 5.49. The van der Waals surface area contributed by atoms with Crippen LogP contribution in [0.2, 0.25) is 5.02 Å². The van der Waals surface area contributed by atoms with E-state index >= 15 is 0 Å². The number of nitrogens with one attached hydrogen (secondary N) is 2. The largest absolute Gasteiger partial charge is 0.486 e. The number of aromatic nitrogens is 4. The number of anilines is 2. The van der Waals surface area contributed by atoms with Crippen LogP contribution in [0.4, 0.5) is 16.3 Å². The minimum atomic E-state index is -0.966. The topological polar surface area (TPSA) is 117 Å². The number of hydrogen-bond acceptors (Lipinski definition) is 7. The van der Waals surface area contributed by atoms with E-state index in [-0.39, 0.29) is 6.04 Å². The monoisotopic (exact) mass is 557 g/mol. The summed E-state index contributed by atoms with van der Waals surface area (Å²) >= 11 is 6.59. The zero-order valence-corrected chi connectivity index (χ0v) is 22.4. The van der Waals surface area contributed by atoms with Crippen LogP contribution in [0.5, 0.6) is 5.75 Å². The third-order valence-corrected chi connectivity index (χ3v) is 7.37. The summed E-state index contributed by atoms with van der Waals surface area (Å²) in [5, 5.41) is 20.9. The molecule has 0 saturated carbocycles. The van der Waals surface area contributed by atoms with Crippen molar-refractivity contribution in [3.8, 4) is 5.75 Å². The molecule has 3 N–H and O–H groups in total. The van der Waals surface area contributed by atoms with Crippen LogP contribution in [0.15, 0.2) is 73.2 Å². The third kappa shape index (κ3) is 5.78. The highest BCUT2D eigenvalue weighted by Crippen LogP contribution is 2.31. The van der Waals surface area contributed by atoms with Crippen LogP contribution in [0.25, 0.3) is 16.4 Å². The maximum absolute atomic E-state index is 10.9. The number of para-hydroxylation sites is 1. The van der Waals surface area contributed by atoms with Gasteiger partial charge in [-0.15, -0.1) is 0 Å².